The van der Waals surface area contributed by atoms with E-state index in [9.17, 15) is 0 Å². The lowest BCUT2D eigenvalue weighted by Gasteiger charge is -2.07. The van der Waals surface area contributed by atoms with Crippen molar-refractivity contribution >= 4 is 16.9 Å². The van der Waals surface area contributed by atoms with Crippen LogP contribution in [0.15, 0.2) is 42.6 Å². The second-order valence-corrected chi connectivity index (χ2v) is 3.74. The number of nitrogen functional groups attached to an aromatic ring is 1. The van der Waals surface area contributed by atoms with E-state index >= 15 is 0 Å². The summed E-state index contributed by atoms with van der Waals surface area (Å²) in [6, 6.07) is 11.2. The number of rotatable bonds is 3. The maximum absolute atomic E-state index is 5.69. The van der Waals surface area contributed by atoms with E-state index in [1.54, 1.807) is 23.0 Å². The van der Waals surface area contributed by atoms with Crippen molar-refractivity contribution in [2.24, 2.45) is 0 Å². The Morgan fingerprint density at radius 2 is 2.06 bits per heavy atom. The highest BCUT2D eigenvalue weighted by molar-refractivity contribution is 5.73. The molecule has 2 N–H and O–H groups in total. The summed E-state index contributed by atoms with van der Waals surface area (Å²) >= 11 is 0. The van der Waals surface area contributed by atoms with Crippen molar-refractivity contribution in [3.63, 3.8) is 0 Å². The predicted octanol–water partition coefficient (Wildman–Crippen LogP) is 1.45. The Balaban J connectivity index is 1.83. The van der Waals surface area contributed by atoms with Gasteiger partial charge in [-0.15, -0.1) is 5.10 Å². The SMILES string of the molecule is Nc1ncccc1OCn1nnc2ccccc21. The number of hydrogen-bond donors (Lipinski definition) is 1. The van der Waals surface area contributed by atoms with Crippen molar-refractivity contribution in [1.82, 2.24) is 20.0 Å². The summed E-state index contributed by atoms with van der Waals surface area (Å²) < 4.78 is 7.23. The van der Waals surface area contributed by atoms with Crippen molar-refractivity contribution < 1.29 is 4.74 Å². The summed E-state index contributed by atoms with van der Waals surface area (Å²) in [5.74, 6) is 0.902. The summed E-state index contributed by atoms with van der Waals surface area (Å²) in [5, 5.41) is 8.06. The van der Waals surface area contributed by atoms with Crippen LogP contribution in [0.4, 0.5) is 5.82 Å². The number of fused-ring (bicyclic) bond motifs is 1. The van der Waals surface area contributed by atoms with Gasteiger partial charge in [-0.3, -0.25) is 0 Å². The highest BCUT2D eigenvalue weighted by Gasteiger charge is 2.05. The lowest BCUT2D eigenvalue weighted by molar-refractivity contribution is 0.224. The van der Waals surface area contributed by atoms with Gasteiger partial charge in [0.25, 0.3) is 0 Å². The number of para-hydroxylation sites is 1. The van der Waals surface area contributed by atoms with Gasteiger partial charge < -0.3 is 10.5 Å². The Morgan fingerprint density at radius 3 is 2.94 bits per heavy atom. The van der Waals surface area contributed by atoms with Crippen LogP contribution in [0, 0.1) is 0 Å². The average molecular weight is 241 g/mol. The zero-order valence-corrected chi connectivity index (χ0v) is 9.52. The smallest absolute Gasteiger partial charge is 0.183 e. The van der Waals surface area contributed by atoms with Crippen LogP contribution in [0.5, 0.6) is 5.75 Å². The lowest BCUT2D eigenvalue weighted by Crippen LogP contribution is -2.08. The Hall–Kier alpha value is -2.63. The third-order valence-corrected chi connectivity index (χ3v) is 2.56. The normalized spacial score (nSPS) is 10.7. The van der Waals surface area contributed by atoms with Crippen LogP contribution in [-0.4, -0.2) is 20.0 Å². The summed E-state index contributed by atoms with van der Waals surface area (Å²) in [4.78, 5) is 3.95. The maximum Gasteiger partial charge on any atom is 0.183 e. The molecule has 0 aliphatic rings. The zero-order chi connectivity index (χ0) is 12.4. The van der Waals surface area contributed by atoms with Crippen LogP contribution in [0.1, 0.15) is 0 Å². The third-order valence-electron chi connectivity index (χ3n) is 2.56. The molecule has 0 saturated heterocycles. The Bertz CT molecular complexity index is 679. The molecule has 0 spiro atoms. The van der Waals surface area contributed by atoms with Gasteiger partial charge >= 0.3 is 0 Å². The molecule has 0 bridgehead atoms. The molecule has 0 amide bonds. The number of pyridine rings is 1. The molecule has 3 rings (SSSR count). The van der Waals surface area contributed by atoms with Crippen LogP contribution in [0.25, 0.3) is 11.0 Å². The highest BCUT2D eigenvalue weighted by Crippen LogP contribution is 2.18. The number of nitrogens with two attached hydrogens (primary N) is 1. The first kappa shape index (κ1) is 10.5. The molecule has 2 heterocycles. The molecule has 6 nitrogen and oxygen atoms in total. The molecule has 0 aliphatic carbocycles. The number of benzene rings is 1. The van der Waals surface area contributed by atoms with Gasteiger partial charge in [-0.1, -0.05) is 17.3 Å². The van der Waals surface area contributed by atoms with E-state index in [1.165, 1.54) is 0 Å². The van der Waals surface area contributed by atoms with Gasteiger partial charge in [-0.25, -0.2) is 9.67 Å². The van der Waals surface area contributed by atoms with Crippen LogP contribution in [0.3, 0.4) is 0 Å². The molecule has 0 atom stereocenters. The van der Waals surface area contributed by atoms with Crippen molar-refractivity contribution in [2.75, 3.05) is 5.73 Å². The van der Waals surface area contributed by atoms with E-state index < -0.39 is 0 Å². The van der Waals surface area contributed by atoms with Gasteiger partial charge in [-0.2, -0.15) is 0 Å². The van der Waals surface area contributed by atoms with Gasteiger partial charge in [0, 0.05) is 6.20 Å². The van der Waals surface area contributed by atoms with Crippen LogP contribution in [0.2, 0.25) is 0 Å². The van der Waals surface area contributed by atoms with Crippen LogP contribution in [-0.2, 0) is 6.73 Å². The lowest BCUT2D eigenvalue weighted by atomic mass is 10.3. The van der Waals surface area contributed by atoms with E-state index in [1.807, 2.05) is 24.3 Å². The standard InChI is InChI=1S/C12H11N5O/c13-12-11(6-3-7-14-12)18-8-17-10-5-2-1-4-9(10)15-16-17/h1-7H,8H2,(H2,13,14). The quantitative estimate of drug-likeness (QED) is 0.750. The first-order valence-corrected chi connectivity index (χ1v) is 5.46. The van der Waals surface area contributed by atoms with Gasteiger partial charge in [0.1, 0.15) is 5.52 Å². The van der Waals surface area contributed by atoms with Crippen LogP contribution >= 0.6 is 0 Å². The summed E-state index contributed by atoms with van der Waals surface area (Å²) in [6.45, 7) is 0.246. The minimum absolute atomic E-state index is 0.246. The monoisotopic (exact) mass is 241 g/mol. The molecule has 6 heteroatoms. The molecular weight excluding hydrogens is 230 g/mol. The van der Waals surface area contributed by atoms with Crippen molar-refractivity contribution in [3.05, 3.63) is 42.6 Å². The number of hydrogen-bond acceptors (Lipinski definition) is 5. The van der Waals surface area contributed by atoms with E-state index in [0.717, 1.165) is 11.0 Å². The predicted molar refractivity (Wildman–Crippen MR) is 66.8 cm³/mol. The van der Waals surface area contributed by atoms with E-state index in [-0.39, 0.29) is 6.73 Å². The summed E-state index contributed by atoms with van der Waals surface area (Å²) in [5.41, 5.74) is 7.44. The van der Waals surface area contributed by atoms with E-state index in [2.05, 4.69) is 15.3 Å². The van der Waals surface area contributed by atoms with E-state index in [0.29, 0.717) is 11.6 Å². The summed E-state index contributed by atoms with van der Waals surface area (Å²) in [6.07, 6.45) is 1.62. The Labute approximate surface area is 103 Å². The maximum atomic E-state index is 5.69. The second kappa shape index (κ2) is 4.33. The molecule has 18 heavy (non-hydrogen) atoms. The molecule has 2 aromatic heterocycles. The summed E-state index contributed by atoms with van der Waals surface area (Å²) in [7, 11) is 0. The minimum atomic E-state index is 0.246. The van der Waals surface area contributed by atoms with Gasteiger partial charge in [-0.05, 0) is 24.3 Å². The number of anilines is 1. The first-order chi connectivity index (χ1) is 8.84. The molecule has 0 radical (unpaired) electrons. The van der Waals surface area contributed by atoms with E-state index in [4.69, 9.17) is 10.5 Å². The van der Waals surface area contributed by atoms with Crippen molar-refractivity contribution in [3.8, 4) is 5.75 Å². The molecule has 0 aliphatic heterocycles. The number of aromatic nitrogens is 4. The van der Waals surface area contributed by atoms with Gasteiger partial charge in [0.15, 0.2) is 18.3 Å². The zero-order valence-electron chi connectivity index (χ0n) is 9.52. The van der Waals surface area contributed by atoms with Gasteiger partial charge in [0.2, 0.25) is 0 Å². The molecular formula is C12H11N5O. The first-order valence-electron chi connectivity index (χ1n) is 5.46. The molecule has 0 fully saturated rings. The highest BCUT2D eigenvalue weighted by atomic mass is 16.5. The average Bonchev–Trinajstić information content (AvgIpc) is 2.81. The van der Waals surface area contributed by atoms with Crippen molar-refractivity contribution in [1.29, 1.82) is 0 Å². The fourth-order valence-corrected chi connectivity index (χ4v) is 1.67. The molecule has 0 unspecified atom stereocenters. The van der Waals surface area contributed by atoms with Gasteiger partial charge in [0.05, 0.1) is 5.52 Å². The molecule has 1 aromatic carbocycles. The Kier molecular flexibility index (Phi) is 2.53. The van der Waals surface area contributed by atoms with Crippen LogP contribution < -0.4 is 10.5 Å². The molecule has 0 saturated carbocycles. The number of ether oxygens (including phenoxy) is 1. The Morgan fingerprint density at radius 1 is 1.17 bits per heavy atom. The minimum Gasteiger partial charge on any atom is -0.467 e. The fraction of sp³-hybridized carbons (Fsp3) is 0.0833. The van der Waals surface area contributed by atoms with Crippen molar-refractivity contribution in [2.45, 2.75) is 6.73 Å². The second-order valence-electron chi connectivity index (χ2n) is 3.74. The largest absolute Gasteiger partial charge is 0.467 e. The molecule has 90 valence electrons. The number of nitrogens with zero attached hydrogens (tertiary/aromatic N) is 4. The fourth-order valence-electron chi connectivity index (χ4n) is 1.67. The topological polar surface area (TPSA) is 78.9 Å². The molecule has 3 aromatic rings. The third kappa shape index (κ3) is 1.84.